The Kier molecular flexibility index (Phi) is 5.12. The van der Waals surface area contributed by atoms with Crippen LogP contribution < -0.4 is 5.32 Å². The molecule has 4 rings (SSSR count). The van der Waals surface area contributed by atoms with Crippen LogP contribution in [0.5, 0.6) is 0 Å². The maximum absolute atomic E-state index is 13.6. The first-order valence-electron chi connectivity index (χ1n) is 8.11. The van der Waals surface area contributed by atoms with Crippen molar-refractivity contribution in [1.82, 2.24) is 14.4 Å². The molecule has 0 radical (unpaired) electrons. The molecule has 0 aliphatic carbocycles. The van der Waals surface area contributed by atoms with E-state index in [0.29, 0.717) is 38.5 Å². The molecule has 1 unspecified atom stereocenters. The van der Waals surface area contributed by atoms with Crippen LogP contribution in [0.1, 0.15) is 11.9 Å². The third kappa shape index (κ3) is 3.64. The lowest BCUT2D eigenvalue weighted by Crippen LogP contribution is -2.14. The van der Waals surface area contributed by atoms with E-state index in [2.05, 4.69) is 15.3 Å². The number of fused-ring (bicyclic) bond motifs is 1. The summed E-state index contributed by atoms with van der Waals surface area (Å²) in [5, 5.41) is 14.7. The van der Waals surface area contributed by atoms with Crippen molar-refractivity contribution in [2.75, 3.05) is 5.32 Å². The van der Waals surface area contributed by atoms with E-state index in [4.69, 9.17) is 34.8 Å². The van der Waals surface area contributed by atoms with E-state index in [1.165, 1.54) is 18.3 Å². The van der Waals surface area contributed by atoms with Gasteiger partial charge in [0.25, 0.3) is 0 Å². The molecular formula is C19H12Cl3FN4O. The second-order valence-electron chi connectivity index (χ2n) is 5.96. The molecule has 3 heterocycles. The Bertz CT molecular complexity index is 1160. The van der Waals surface area contributed by atoms with Crippen LogP contribution >= 0.6 is 34.8 Å². The number of hydrogen-bond donors (Lipinski definition) is 2. The van der Waals surface area contributed by atoms with E-state index >= 15 is 0 Å². The van der Waals surface area contributed by atoms with Crippen LogP contribution in [-0.4, -0.2) is 19.5 Å². The molecule has 2 N–H and O–H groups in total. The monoisotopic (exact) mass is 436 g/mol. The Labute approximate surface area is 174 Å². The fraction of sp³-hybridized carbons (Fsp3) is 0.0526. The molecule has 0 saturated carbocycles. The second kappa shape index (κ2) is 7.56. The Morgan fingerprint density at radius 2 is 1.82 bits per heavy atom. The van der Waals surface area contributed by atoms with Crippen molar-refractivity contribution < 1.29 is 9.50 Å². The standard InChI is InChI=1S/C19H12Cl3FN4O/c20-11-2-5-15(24-8-11)25-19(28)18-17(10-1-4-14(23)13(22)7-10)26-16-6-3-12(21)9-27(16)18/h1-9,19,28H,(H,24,25). The van der Waals surface area contributed by atoms with Crippen LogP contribution in [0, 0.1) is 5.82 Å². The number of anilines is 1. The van der Waals surface area contributed by atoms with E-state index in [1.54, 1.807) is 40.9 Å². The molecule has 28 heavy (non-hydrogen) atoms. The van der Waals surface area contributed by atoms with E-state index in [1.807, 2.05) is 0 Å². The van der Waals surface area contributed by atoms with Crippen molar-refractivity contribution in [3.05, 3.63) is 81.4 Å². The molecule has 142 valence electrons. The molecule has 0 saturated heterocycles. The van der Waals surface area contributed by atoms with Crippen molar-refractivity contribution in [2.24, 2.45) is 0 Å². The Morgan fingerprint density at radius 3 is 2.54 bits per heavy atom. The quantitative estimate of drug-likeness (QED) is 0.408. The zero-order valence-electron chi connectivity index (χ0n) is 14.1. The van der Waals surface area contributed by atoms with Crippen LogP contribution in [0.2, 0.25) is 15.1 Å². The predicted octanol–water partition coefficient (Wildman–Crippen LogP) is 5.60. The van der Waals surface area contributed by atoms with Gasteiger partial charge in [-0.3, -0.25) is 4.40 Å². The lowest BCUT2D eigenvalue weighted by Gasteiger charge is -2.15. The number of halogens is 4. The van der Waals surface area contributed by atoms with Gasteiger partial charge in [-0.1, -0.05) is 34.8 Å². The highest BCUT2D eigenvalue weighted by Gasteiger charge is 2.22. The molecule has 5 nitrogen and oxygen atoms in total. The Balaban J connectivity index is 1.85. The molecule has 0 bridgehead atoms. The van der Waals surface area contributed by atoms with Gasteiger partial charge in [0.2, 0.25) is 0 Å². The summed E-state index contributed by atoms with van der Waals surface area (Å²) in [7, 11) is 0. The third-order valence-electron chi connectivity index (χ3n) is 4.08. The average molecular weight is 438 g/mol. The SMILES string of the molecule is OC(Nc1ccc(Cl)cn1)c1c(-c2ccc(F)c(Cl)c2)nc2ccc(Cl)cn12. The topological polar surface area (TPSA) is 62.5 Å². The summed E-state index contributed by atoms with van der Waals surface area (Å²) in [4.78, 5) is 8.68. The maximum atomic E-state index is 13.6. The molecule has 0 aliphatic rings. The number of benzene rings is 1. The van der Waals surface area contributed by atoms with Crippen molar-refractivity contribution in [3.8, 4) is 11.3 Å². The van der Waals surface area contributed by atoms with Crippen molar-refractivity contribution in [2.45, 2.75) is 6.23 Å². The first kappa shape index (κ1) is 19.0. The lowest BCUT2D eigenvalue weighted by atomic mass is 10.1. The molecule has 9 heteroatoms. The van der Waals surface area contributed by atoms with Gasteiger partial charge in [0.1, 0.15) is 17.3 Å². The van der Waals surface area contributed by atoms with Gasteiger partial charge in [0.05, 0.1) is 26.5 Å². The highest BCUT2D eigenvalue weighted by Crippen LogP contribution is 2.32. The zero-order valence-corrected chi connectivity index (χ0v) is 16.3. The molecule has 1 aromatic carbocycles. The molecule has 0 aliphatic heterocycles. The van der Waals surface area contributed by atoms with Crippen LogP contribution in [0.15, 0.2) is 54.9 Å². The van der Waals surface area contributed by atoms with Crippen molar-refractivity contribution >= 4 is 46.3 Å². The normalized spacial score (nSPS) is 12.3. The van der Waals surface area contributed by atoms with E-state index in [-0.39, 0.29) is 5.02 Å². The summed E-state index contributed by atoms with van der Waals surface area (Å²) in [6, 6.07) is 10.9. The van der Waals surface area contributed by atoms with Gasteiger partial charge >= 0.3 is 0 Å². The number of aliphatic hydroxyl groups excluding tert-OH is 1. The number of imidazole rings is 1. The summed E-state index contributed by atoms with van der Waals surface area (Å²) < 4.78 is 15.3. The maximum Gasteiger partial charge on any atom is 0.169 e. The summed E-state index contributed by atoms with van der Waals surface area (Å²) in [5.74, 6) is -0.125. The highest BCUT2D eigenvalue weighted by molar-refractivity contribution is 6.31. The van der Waals surface area contributed by atoms with Gasteiger partial charge < -0.3 is 10.4 Å². The highest BCUT2D eigenvalue weighted by atomic mass is 35.5. The number of rotatable bonds is 4. The third-order valence-corrected chi connectivity index (χ3v) is 4.82. The van der Waals surface area contributed by atoms with Crippen molar-refractivity contribution in [1.29, 1.82) is 0 Å². The molecule has 0 amide bonds. The van der Waals surface area contributed by atoms with Gasteiger partial charge in [-0.15, -0.1) is 0 Å². The summed E-state index contributed by atoms with van der Waals surface area (Å²) in [6.45, 7) is 0. The molecule has 0 fully saturated rings. The largest absolute Gasteiger partial charge is 0.368 e. The summed E-state index contributed by atoms with van der Waals surface area (Å²) in [5.41, 5.74) is 1.93. The Morgan fingerprint density at radius 1 is 1.04 bits per heavy atom. The van der Waals surface area contributed by atoms with Gasteiger partial charge in [0, 0.05) is 18.0 Å². The van der Waals surface area contributed by atoms with Gasteiger partial charge in [0.15, 0.2) is 6.23 Å². The first-order valence-corrected chi connectivity index (χ1v) is 9.25. The van der Waals surface area contributed by atoms with Crippen LogP contribution in [0.25, 0.3) is 16.9 Å². The number of pyridine rings is 2. The van der Waals surface area contributed by atoms with E-state index < -0.39 is 12.0 Å². The first-order chi connectivity index (χ1) is 13.4. The number of hydrogen-bond acceptors (Lipinski definition) is 4. The molecule has 1 atom stereocenters. The van der Waals surface area contributed by atoms with Gasteiger partial charge in [-0.25, -0.2) is 14.4 Å². The predicted molar refractivity (Wildman–Crippen MR) is 108 cm³/mol. The number of aromatic nitrogens is 3. The van der Waals surface area contributed by atoms with Crippen LogP contribution in [-0.2, 0) is 0 Å². The van der Waals surface area contributed by atoms with E-state index in [9.17, 15) is 9.50 Å². The summed E-state index contributed by atoms with van der Waals surface area (Å²) in [6.07, 6.45) is 1.90. The molecule has 4 aromatic rings. The van der Waals surface area contributed by atoms with Gasteiger partial charge in [-0.2, -0.15) is 0 Å². The number of aliphatic hydroxyl groups is 1. The average Bonchev–Trinajstić information content (AvgIpc) is 3.04. The smallest absolute Gasteiger partial charge is 0.169 e. The Hall–Kier alpha value is -2.38. The van der Waals surface area contributed by atoms with Gasteiger partial charge in [-0.05, 0) is 42.5 Å². The van der Waals surface area contributed by atoms with E-state index in [0.717, 1.165) is 0 Å². The molecule has 0 spiro atoms. The van der Waals surface area contributed by atoms with Crippen LogP contribution in [0.3, 0.4) is 0 Å². The summed E-state index contributed by atoms with van der Waals surface area (Å²) >= 11 is 17.9. The minimum atomic E-state index is -1.19. The fourth-order valence-corrected chi connectivity index (χ4v) is 3.28. The minimum absolute atomic E-state index is 0.0413. The fourth-order valence-electron chi connectivity index (χ4n) is 2.82. The van der Waals surface area contributed by atoms with Crippen molar-refractivity contribution in [3.63, 3.8) is 0 Å². The zero-order chi connectivity index (χ0) is 19.8. The van der Waals surface area contributed by atoms with Crippen LogP contribution in [0.4, 0.5) is 10.2 Å². The molecule has 3 aromatic heterocycles. The minimum Gasteiger partial charge on any atom is -0.368 e. The molecular weight excluding hydrogens is 426 g/mol. The number of nitrogens with one attached hydrogen (secondary N) is 1. The number of nitrogens with zero attached hydrogens (tertiary/aromatic N) is 3. The second-order valence-corrected chi connectivity index (χ2v) is 7.24. The lowest BCUT2D eigenvalue weighted by molar-refractivity contribution is 0.202.